The second kappa shape index (κ2) is 5.09. The Bertz CT molecular complexity index is 617. The van der Waals surface area contributed by atoms with Crippen LogP contribution in [0.1, 0.15) is 50.9 Å². The zero-order valence-corrected chi connectivity index (χ0v) is 12.2. The number of hydrogen-bond acceptors (Lipinski definition) is 3. The molecule has 0 spiro atoms. The molecule has 2 aromatic rings. The van der Waals surface area contributed by atoms with Crippen LogP contribution in [0, 0.1) is 5.92 Å². The van der Waals surface area contributed by atoms with E-state index in [9.17, 15) is 5.11 Å². The Labute approximate surface area is 119 Å². The van der Waals surface area contributed by atoms with Gasteiger partial charge in [0.15, 0.2) is 0 Å². The summed E-state index contributed by atoms with van der Waals surface area (Å²) in [4.78, 5) is 4.79. The molecule has 1 heterocycles. The van der Waals surface area contributed by atoms with E-state index < -0.39 is 0 Å². The molecule has 1 aliphatic rings. The van der Waals surface area contributed by atoms with E-state index in [1.54, 1.807) is 0 Å². The van der Waals surface area contributed by atoms with Gasteiger partial charge < -0.3 is 15.4 Å². The molecule has 3 N–H and O–H groups in total. The fourth-order valence-electron chi connectivity index (χ4n) is 3.46. The first-order valence-corrected chi connectivity index (χ1v) is 7.50. The lowest BCUT2D eigenvalue weighted by atomic mass is 10.0. The van der Waals surface area contributed by atoms with Crippen LogP contribution in [-0.4, -0.2) is 21.3 Å². The van der Waals surface area contributed by atoms with Gasteiger partial charge in [0.2, 0.25) is 0 Å². The molecule has 0 saturated heterocycles. The molecule has 0 amide bonds. The van der Waals surface area contributed by atoms with Crippen LogP contribution in [0.5, 0.6) is 0 Å². The fourth-order valence-corrected chi connectivity index (χ4v) is 3.46. The molecule has 1 aliphatic carbocycles. The van der Waals surface area contributed by atoms with Crippen molar-refractivity contribution in [3.05, 3.63) is 24.0 Å². The Morgan fingerprint density at radius 3 is 2.90 bits per heavy atom. The largest absolute Gasteiger partial charge is 0.399 e. The minimum absolute atomic E-state index is 0.261. The topological polar surface area (TPSA) is 64.1 Å². The van der Waals surface area contributed by atoms with Crippen LogP contribution in [-0.2, 0) is 0 Å². The average Bonchev–Trinajstić information content (AvgIpc) is 3.00. The maximum atomic E-state index is 9.63. The number of anilines is 1. The van der Waals surface area contributed by atoms with Gasteiger partial charge in [-0.05, 0) is 31.0 Å². The summed E-state index contributed by atoms with van der Waals surface area (Å²) in [6, 6.07) is 6.32. The summed E-state index contributed by atoms with van der Waals surface area (Å²) in [5.41, 5.74) is 8.75. The summed E-state index contributed by atoms with van der Waals surface area (Å²) in [6.07, 6.45) is 3.41. The van der Waals surface area contributed by atoms with E-state index in [1.807, 2.05) is 12.1 Å². The molecule has 1 fully saturated rings. The Morgan fingerprint density at radius 1 is 1.40 bits per heavy atom. The van der Waals surface area contributed by atoms with E-state index in [1.165, 1.54) is 6.42 Å². The molecule has 1 aromatic heterocycles. The van der Waals surface area contributed by atoms with Crippen molar-refractivity contribution >= 4 is 16.7 Å². The van der Waals surface area contributed by atoms with E-state index in [4.69, 9.17) is 10.7 Å². The molecule has 108 valence electrons. The molecular weight excluding hydrogens is 250 g/mol. The van der Waals surface area contributed by atoms with Gasteiger partial charge in [-0.2, -0.15) is 0 Å². The Kier molecular flexibility index (Phi) is 3.42. The second-order valence-electron chi connectivity index (χ2n) is 6.18. The third kappa shape index (κ3) is 2.08. The monoisotopic (exact) mass is 273 g/mol. The van der Waals surface area contributed by atoms with Crippen molar-refractivity contribution in [2.24, 2.45) is 5.92 Å². The summed E-state index contributed by atoms with van der Waals surface area (Å²) in [5, 5.41) is 9.63. The number of imidazole rings is 1. The van der Waals surface area contributed by atoms with Gasteiger partial charge in [0.1, 0.15) is 5.82 Å². The molecule has 0 radical (unpaired) electrons. The highest BCUT2D eigenvalue weighted by Gasteiger charge is 2.31. The first kappa shape index (κ1) is 13.4. The van der Waals surface area contributed by atoms with Crippen molar-refractivity contribution in [2.75, 3.05) is 12.3 Å². The van der Waals surface area contributed by atoms with E-state index in [2.05, 4.69) is 24.5 Å². The number of aliphatic hydroxyl groups is 1. The molecule has 0 bridgehead atoms. The maximum absolute atomic E-state index is 9.63. The van der Waals surface area contributed by atoms with Crippen LogP contribution in [0.2, 0.25) is 0 Å². The quantitative estimate of drug-likeness (QED) is 0.845. The number of benzene rings is 1. The number of aromatic nitrogens is 2. The zero-order chi connectivity index (χ0) is 14.3. The average molecular weight is 273 g/mol. The summed E-state index contributed by atoms with van der Waals surface area (Å²) >= 11 is 0. The first-order chi connectivity index (χ1) is 9.61. The van der Waals surface area contributed by atoms with Gasteiger partial charge in [0.25, 0.3) is 0 Å². The minimum atomic E-state index is 0.261. The van der Waals surface area contributed by atoms with Gasteiger partial charge in [-0.15, -0.1) is 0 Å². The number of nitrogen functional groups attached to an aromatic ring is 1. The van der Waals surface area contributed by atoms with Crippen LogP contribution in [0.25, 0.3) is 11.0 Å². The lowest BCUT2D eigenvalue weighted by molar-refractivity contribution is 0.196. The van der Waals surface area contributed by atoms with Gasteiger partial charge in [-0.25, -0.2) is 4.98 Å². The predicted octanol–water partition coefficient (Wildman–Crippen LogP) is 3.08. The first-order valence-electron chi connectivity index (χ1n) is 7.50. The SMILES string of the molecule is CC(C)c1nc2cc(N)ccc2n1C1CCCC1CO. The number of nitrogens with zero attached hydrogens (tertiary/aromatic N) is 2. The van der Waals surface area contributed by atoms with Crippen LogP contribution < -0.4 is 5.73 Å². The highest BCUT2D eigenvalue weighted by molar-refractivity contribution is 5.80. The maximum Gasteiger partial charge on any atom is 0.112 e. The van der Waals surface area contributed by atoms with Gasteiger partial charge in [0, 0.05) is 30.2 Å². The van der Waals surface area contributed by atoms with Gasteiger partial charge in [0.05, 0.1) is 11.0 Å². The van der Waals surface area contributed by atoms with Gasteiger partial charge in [-0.3, -0.25) is 0 Å². The Morgan fingerprint density at radius 2 is 2.20 bits per heavy atom. The van der Waals surface area contributed by atoms with Crippen LogP contribution in [0.15, 0.2) is 18.2 Å². The van der Waals surface area contributed by atoms with Gasteiger partial charge >= 0.3 is 0 Å². The fraction of sp³-hybridized carbons (Fsp3) is 0.562. The summed E-state index contributed by atoms with van der Waals surface area (Å²) in [5.74, 6) is 1.82. The highest BCUT2D eigenvalue weighted by Crippen LogP contribution is 2.39. The minimum Gasteiger partial charge on any atom is -0.399 e. The van der Waals surface area contributed by atoms with Gasteiger partial charge in [-0.1, -0.05) is 20.3 Å². The molecule has 1 saturated carbocycles. The highest BCUT2D eigenvalue weighted by atomic mass is 16.3. The lowest BCUT2D eigenvalue weighted by Crippen LogP contribution is -2.19. The zero-order valence-electron chi connectivity index (χ0n) is 12.2. The summed E-state index contributed by atoms with van der Waals surface area (Å²) in [7, 11) is 0. The number of fused-ring (bicyclic) bond motifs is 1. The number of nitrogens with two attached hydrogens (primary N) is 1. The van der Waals surface area contributed by atoms with Crippen LogP contribution in [0.4, 0.5) is 5.69 Å². The molecule has 2 unspecified atom stereocenters. The Balaban J connectivity index is 2.18. The van der Waals surface area contributed by atoms with Crippen molar-refractivity contribution in [1.29, 1.82) is 0 Å². The smallest absolute Gasteiger partial charge is 0.112 e. The standard InChI is InChI=1S/C16H23N3O/c1-10(2)16-18-13-8-12(17)6-7-15(13)19(16)14-5-3-4-11(14)9-20/h6-8,10-11,14,20H,3-5,9,17H2,1-2H3. The van der Waals surface area contributed by atoms with E-state index in [0.717, 1.165) is 35.4 Å². The van der Waals surface area contributed by atoms with Crippen LogP contribution >= 0.6 is 0 Å². The molecular formula is C16H23N3O. The molecule has 20 heavy (non-hydrogen) atoms. The number of aliphatic hydroxyl groups excluding tert-OH is 1. The lowest BCUT2D eigenvalue weighted by Gasteiger charge is -2.23. The normalized spacial score (nSPS) is 23.0. The second-order valence-corrected chi connectivity index (χ2v) is 6.18. The third-order valence-electron chi connectivity index (χ3n) is 4.44. The summed E-state index contributed by atoms with van der Waals surface area (Å²) < 4.78 is 2.35. The van der Waals surface area contributed by atoms with Crippen molar-refractivity contribution in [2.45, 2.75) is 45.1 Å². The van der Waals surface area contributed by atoms with E-state index in [0.29, 0.717) is 17.9 Å². The molecule has 4 heteroatoms. The van der Waals surface area contributed by atoms with Crippen LogP contribution in [0.3, 0.4) is 0 Å². The predicted molar refractivity (Wildman–Crippen MR) is 81.7 cm³/mol. The number of hydrogen-bond donors (Lipinski definition) is 2. The Hall–Kier alpha value is -1.55. The third-order valence-corrected chi connectivity index (χ3v) is 4.44. The molecule has 3 rings (SSSR count). The molecule has 0 aliphatic heterocycles. The van der Waals surface area contributed by atoms with Crippen molar-refractivity contribution in [1.82, 2.24) is 9.55 Å². The van der Waals surface area contributed by atoms with Crippen molar-refractivity contribution in [3.8, 4) is 0 Å². The van der Waals surface area contributed by atoms with Crippen molar-refractivity contribution in [3.63, 3.8) is 0 Å². The molecule has 4 nitrogen and oxygen atoms in total. The number of rotatable bonds is 3. The van der Waals surface area contributed by atoms with Crippen molar-refractivity contribution < 1.29 is 5.11 Å². The summed E-state index contributed by atoms with van der Waals surface area (Å²) in [6.45, 7) is 4.60. The molecule has 1 aromatic carbocycles. The van der Waals surface area contributed by atoms with E-state index >= 15 is 0 Å². The molecule has 2 atom stereocenters. The van der Waals surface area contributed by atoms with E-state index in [-0.39, 0.29) is 6.61 Å².